The second-order valence-electron chi connectivity index (χ2n) is 4.68. The van der Waals surface area contributed by atoms with Crippen molar-refractivity contribution >= 4 is 29.1 Å². The van der Waals surface area contributed by atoms with Crippen molar-refractivity contribution in [1.29, 1.82) is 0 Å². The Morgan fingerprint density at radius 3 is 2.90 bits per heavy atom. The Hall–Kier alpha value is -2.14. The standard InChI is InChI=1S/C15H17ClN4O/c1-3-10(2)18-15-17-8-7-13(20-15)14(21)19-12-6-4-5-11(16)9-12/h4-10H,3H2,1-2H3,(H,19,21)(H,17,18,20). The van der Waals surface area contributed by atoms with Crippen LogP contribution in [-0.2, 0) is 0 Å². The fraction of sp³-hybridized carbons (Fsp3) is 0.267. The topological polar surface area (TPSA) is 66.9 Å². The van der Waals surface area contributed by atoms with Gasteiger partial charge in [-0.2, -0.15) is 0 Å². The highest BCUT2D eigenvalue weighted by molar-refractivity contribution is 6.30. The van der Waals surface area contributed by atoms with E-state index in [0.717, 1.165) is 6.42 Å². The molecular formula is C15H17ClN4O. The van der Waals surface area contributed by atoms with Gasteiger partial charge in [0, 0.05) is 22.9 Å². The third kappa shape index (κ3) is 4.43. The molecule has 1 amide bonds. The van der Waals surface area contributed by atoms with Gasteiger partial charge in [0.15, 0.2) is 0 Å². The quantitative estimate of drug-likeness (QED) is 0.886. The van der Waals surface area contributed by atoms with Crippen LogP contribution in [0.25, 0.3) is 0 Å². The average Bonchev–Trinajstić information content (AvgIpc) is 2.47. The number of rotatable bonds is 5. The van der Waals surface area contributed by atoms with Gasteiger partial charge in [-0.15, -0.1) is 0 Å². The lowest BCUT2D eigenvalue weighted by Crippen LogP contribution is -2.19. The van der Waals surface area contributed by atoms with E-state index in [0.29, 0.717) is 22.4 Å². The zero-order chi connectivity index (χ0) is 15.2. The monoisotopic (exact) mass is 304 g/mol. The molecule has 1 aromatic carbocycles. The van der Waals surface area contributed by atoms with Gasteiger partial charge in [0.25, 0.3) is 5.91 Å². The first-order valence-corrected chi connectivity index (χ1v) is 7.12. The van der Waals surface area contributed by atoms with Crippen LogP contribution in [0.5, 0.6) is 0 Å². The second-order valence-corrected chi connectivity index (χ2v) is 5.12. The summed E-state index contributed by atoms with van der Waals surface area (Å²) in [5.74, 6) is 0.148. The van der Waals surface area contributed by atoms with Crippen LogP contribution in [0, 0.1) is 0 Å². The highest BCUT2D eigenvalue weighted by Gasteiger charge is 2.10. The van der Waals surface area contributed by atoms with Crippen molar-refractivity contribution < 1.29 is 4.79 Å². The van der Waals surface area contributed by atoms with E-state index in [9.17, 15) is 4.79 Å². The molecule has 21 heavy (non-hydrogen) atoms. The number of nitrogens with zero attached hydrogens (tertiary/aromatic N) is 2. The van der Waals surface area contributed by atoms with Crippen LogP contribution in [0.2, 0.25) is 5.02 Å². The SMILES string of the molecule is CCC(C)Nc1nccc(C(=O)Nc2cccc(Cl)c2)n1. The number of nitrogens with one attached hydrogen (secondary N) is 2. The summed E-state index contributed by atoms with van der Waals surface area (Å²) in [6, 6.07) is 8.78. The van der Waals surface area contributed by atoms with Crippen LogP contribution in [0.4, 0.5) is 11.6 Å². The number of amides is 1. The molecule has 1 heterocycles. The van der Waals surface area contributed by atoms with E-state index in [1.54, 1.807) is 36.5 Å². The van der Waals surface area contributed by atoms with E-state index >= 15 is 0 Å². The first-order valence-electron chi connectivity index (χ1n) is 6.75. The summed E-state index contributed by atoms with van der Waals surface area (Å²) in [5.41, 5.74) is 0.929. The molecule has 6 heteroatoms. The molecule has 0 aliphatic rings. The average molecular weight is 305 g/mol. The van der Waals surface area contributed by atoms with Gasteiger partial charge in [-0.05, 0) is 37.6 Å². The van der Waals surface area contributed by atoms with Crippen LogP contribution < -0.4 is 10.6 Å². The maximum atomic E-state index is 12.2. The first-order chi connectivity index (χ1) is 10.1. The highest BCUT2D eigenvalue weighted by atomic mass is 35.5. The molecule has 110 valence electrons. The van der Waals surface area contributed by atoms with Crippen molar-refractivity contribution in [1.82, 2.24) is 9.97 Å². The van der Waals surface area contributed by atoms with Crippen molar-refractivity contribution in [3.05, 3.63) is 47.2 Å². The lowest BCUT2D eigenvalue weighted by molar-refractivity contribution is 0.102. The number of carbonyl (C=O) groups is 1. The summed E-state index contributed by atoms with van der Waals surface area (Å²) in [7, 11) is 0. The predicted molar refractivity (Wildman–Crippen MR) is 84.8 cm³/mol. The Balaban J connectivity index is 2.10. The Morgan fingerprint density at radius 1 is 1.38 bits per heavy atom. The molecule has 1 unspecified atom stereocenters. The fourth-order valence-electron chi connectivity index (χ4n) is 1.64. The van der Waals surface area contributed by atoms with Crippen molar-refractivity contribution in [2.45, 2.75) is 26.3 Å². The lowest BCUT2D eigenvalue weighted by atomic mass is 10.3. The van der Waals surface area contributed by atoms with Crippen molar-refractivity contribution in [3.63, 3.8) is 0 Å². The number of hydrogen-bond donors (Lipinski definition) is 2. The van der Waals surface area contributed by atoms with E-state index in [1.165, 1.54) is 0 Å². The first kappa shape index (κ1) is 15.3. The van der Waals surface area contributed by atoms with E-state index < -0.39 is 0 Å². The normalized spacial score (nSPS) is 11.8. The van der Waals surface area contributed by atoms with E-state index in [-0.39, 0.29) is 11.9 Å². The van der Waals surface area contributed by atoms with Crippen molar-refractivity contribution in [2.75, 3.05) is 10.6 Å². The van der Waals surface area contributed by atoms with Crippen LogP contribution in [0.15, 0.2) is 36.5 Å². The molecule has 2 aromatic rings. The van der Waals surface area contributed by atoms with Gasteiger partial charge in [-0.3, -0.25) is 4.79 Å². The van der Waals surface area contributed by atoms with Gasteiger partial charge >= 0.3 is 0 Å². The van der Waals surface area contributed by atoms with E-state index in [1.807, 2.05) is 6.92 Å². The third-order valence-electron chi connectivity index (χ3n) is 2.96. The minimum absolute atomic E-state index is 0.247. The molecule has 1 aromatic heterocycles. The van der Waals surface area contributed by atoms with Gasteiger partial charge in [0.1, 0.15) is 5.69 Å². The van der Waals surface area contributed by atoms with Crippen LogP contribution in [-0.4, -0.2) is 21.9 Å². The number of hydrogen-bond acceptors (Lipinski definition) is 4. The van der Waals surface area contributed by atoms with Crippen molar-refractivity contribution in [2.24, 2.45) is 0 Å². The number of anilines is 2. The maximum Gasteiger partial charge on any atom is 0.274 e. The molecule has 0 aliphatic heterocycles. The third-order valence-corrected chi connectivity index (χ3v) is 3.19. The molecule has 0 saturated heterocycles. The summed E-state index contributed by atoms with van der Waals surface area (Å²) in [6.45, 7) is 4.09. The molecule has 2 rings (SSSR count). The maximum absolute atomic E-state index is 12.2. The summed E-state index contributed by atoms with van der Waals surface area (Å²) in [4.78, 5) is 20.5. The zero-order valence-corrected chi connectivity index (χ0v) is 12.7. The van der Waals surface area contributed by atoms with Crippen LogP contribution >= 0.6 is 11.6 Å². The van der Waals surface area contributed by atoms with Gasteiger partial charge in [0.05, 0.1) is 0 Å². The molecule has 5 nitrogen and oxygen atoms in total. The van der Waals surface area contributed by atoms with Crippen LogP contribution in [0.3, 0.4) is 0 Å². The fourth-order valence-corrected chi connectivity index (χ4v) is 1.83. The summed E-state index contributed by atoms with van der Waals surface area (Å²) >= 11 is 5.89. The Kier molecular flexibility index (Phi) is 5.11. The summed E-state index contributed by atoms with van der Waals surface area (Å²) in [6.07, 6.45) is 2.51. The van der Waals surface area contributed by atoms with Crippen molar-refractivity contribution in [3.8, 4) is 0 Å². The highest BCUT2D eigenvalue weighted by Crippen LogP contribution is 2.15. The summed E-state index contributed by atoms with van der Waals surface area (Å²) in [5, 5.41) is 6.45. The smallest absolute Gasteiger partial charge is 0.274 e. The number of halogens is 1. The second kappa shape index (κ2) is 7.04. The Morgan fingerprint density at radius 2 is 2.19 bits per heavy atom. The number of carbonyl (C=O) groups excluding carboxylic acids is 1. The Labute approximate surface area is 128 Å². The molecule has 1 atom stereocenters. The van der Waals surface area contributed by atoms with Gasteiger partial charge in [-0.25, -0.2) is 9.97 Å². The zero-order valence-electron chi connectivity index (χ0n) is 11.9. The summed E-state index contributed by atoms with van der Waals surface area (Å²) < 4.78 is 0. The van der Waals surface area contributed by atoms with E-state index in [2.05, 4.69) is 27.5 Å². The molecule has 0 spiro atoms. The molecule has 0 aliphatic carbocycles. The molecular weight excluding hydrogens is 288 g/mol. The predicted octanol–water partition coefficient (Wildman–Crippen LogP) is 3.59. The van der Waals surface area contributed by atoms with Gasteiger partial charge < -0.3 is 10.6 Å². The molecule has 0 bridgehead atoms. The molecule has 0 saturated carbocycles. The van der Waals surface area contributed by atoms with Crippen LogP contribution in [0.1, 0.15) is 30.8 Å². The van der Waals surface area contributed by atoms with Gasteiger partial charge in [-0.1, -0.05) is 24.6 Å². The minimum atomic E-state index is -0.299. The molecule has 0 fully saturated rings. The Bertz CT molecular complexity index is 633. The number of benzene rings is 1. The van der Waals surface area contributed by atoms with Gasteiger partial charge in [0.2, 0.25) is 5.95 Å². The van der Waals surface area contributed by atoms with E-state index in [4.69, 9.17) is 11.6 Å². The molecule has 2 N–H and O–H groups in total. The largest absolute Gasteiger partial charge is 0.352 e. The number of aromatic nitrogens is 2. The minimum Gasteiger partial charge on any atom is -0.352 e. The molecule has 0 radical (unpaired) electrons. The lowest BCUT2D eigenvalue weighted by Gasteiger charge is -2.11.